The van der Waals surface area contributed by atoms with Crippen molar-refractivity contribution in [1.29, 1.82) is 0 Å². The van der Waals surface area contributed by atoms with Gasteiger partial charge in [0.25, 0.3) is 5.91 Å². The van der Waals surface area contributed by atoms with E-state index < -0.39 is 30.6 Å². The number of hydrogen-bond acceptors (Lipinski definition) is 5. The van der Waals surface area contributed by atoms with Crippen LogP contribution in [0.4, 0.5) is 4.79 Å². The lowest BCUT2D eigenvalue weighted by atomic mass is 10.3. The number of halogens is 2. The smallest absolute Gasteiger partial charge is 0.347 e. The first-order valence-electron chi connectivity index (χ1n) is 7.61. The minimum Gasteiger partial charge on any atom is -0.477 e. The maximum absolute atomic E-state index is 11.8. The summed E-state index contributed by atoms with van der Waals surface area (Å²) < 4.78 is 10.2. The molecular weight excluding hydrogens is 371 g/mol. The third-order valence-electron chi connectivity index (χ3n) is 3.12. The molecule has 7 nitrogen and oxygen atoms in total. The van der Waals surface area contributed by atoms with Crippen molar-refractivity contribution in [3.63, 3.8) is 0 Å². The lowest BCUT2D eigenvalue weighted by molar-refractivity contribution is -0.154. The summed E-state index contributed by atoms with van der Waals surface area (Å²) in [5.74, 6) is -1.26. The summed E-state index contributed by atoms with van der Waals surface area (Å²) in [6.07, 6.45) is -0.279. The average molecular weight is 391 g/mol. The van der Waals surface area contributed by atoms with Crippen molar-refractivity contribution in [3.8, 4) is 5.75 Å². The van der Waals surface area contributed by atoms with Gasteiger partial charge in [-0.3, -0.25) is 10.1 Å². The van der Waals surface area contributed by atoms with Crippen LogP contribution < -0.4 is 15.4 Å². The number of urea groups is 1. The summed E-state index contributed by atoms with van der Waals surface area (Å²) in [6, 6.07) is 3.82. The second kappa shape index (κ2) is 10.1. The molecule has 1 aromatic rings. The Hall–Kier alpha value is -1.99. The Bertz CT molecular complexity index is 639. The number of nitrogens with one attached hydrogen (secondary N) is 2. The molecule has 0 bridgehead atoms. The van der Waals surface area contributed by atoms with E-state index in [0.717, 1.165) is 6.42 Å². The Balaban J connectivity index is 2.42. The summed E-state index contributed by atoms with van der Waals surface area (Å²) in [4.78, 5) is 34.9. The Morgan fingerprint density at radius 1 is 1.20 bits per heavy atom. The van der Waals surface area contributed by atoms with Gasteiger partial charge in [-0.25, -0.2) is 9.59 Å². The molecule has 0 saturated carbocycles. The summed E-state index contributed by atoms with van der Waals surface area (Å²) in [5.41, 5.74) is 0. The first kappa shape index (κ1) is 21.1. The van der Waals surface area contributed by atoms with E-state index in [4.69, 9.17) is 32.7 Å². The maximum atomic E-state index is 11.8. The van der Waals surface area contributed by atoms with Crippen LogP contribution in [0.1, 0.15) is 27.2 Å². The van der Waals surface area contributed by atoms with Crippen LogP contribution in [-0.4, -0.2) is 36.7 Å². The van der Waals surface area contributed by atoms with Gasteiger partial charge in [0.15, 0.2) is 12.7 Å². The molecule has 0 saturated heterocycles. The van der Waals surface area contributed by atoms with Crippen LogP contribution in [0.2, 0.25) is 10.0 Å². The van der Waals surface area contributed by atoms with E-state index in [1.165, 1.54) is 19.1 Å². The standard InChI is InChI=1S/C16H20Cl2N2O5/c1-4-9(2)19-16(23)20-14(21)8-24-15(22)10(3)25-13-6-5-11(17)7-12(13)18/h5-7,9-10H,4,8H2,1-3H3,(H2,19,20,21,23)/t9-,10+/m0/s1. The zero-order valence-corrected chi connectivity index (χ0v) is 15.6. The van der Waals surface area contributed by atoms with Gasteiger partial charge in [0.2, 0.25) is 0 Å². The van der Waals surface area contributed by atoms with Crippen molar-refractivity contribution < 1.29 is 23.9 Å². The molecular formula is C16H20Cl2N2O5. The highest BCUT2D eigenvalue weighted by Gasteiger charge is 2.20. The molecule has 0 heterocycles. The normalized spacial score (nSPS) is 12.7. The Kier molecular flexibility index (Phi) is 8.51. The van der Waals surface area contributed by atoms with E-state index >= 15 is 0 Å². The van der Waals surface area contributed by atoms with Crippen molar-refractivity contribution in [3.05, 3.63) is 28.2 Å². The maximum Gasteiger partial charge on any atom is 0.347 e. The van der Waals surface area contributed by atoms with Gasteiger partial charge >= 0.3 is 12.0 Å². The van der Waals surface area contributed by atoms with Crippen molar-refractivity contribution >= 4 is 41.1 Å². The zero-order valence-electron chi connectivity index (χ0n) is 14.1. The quantitative estimate of drug-likeness (QED) is 0.697. The number of benzene rings is 1. The van der Waals surface area contributed by atoms with E-state index in [2.05, 4.69) is 10.6 Å². The Morgan fingerprint density at radius 3 is 2.48 bits per heavy atom. The highest BCUT2D eigenvalue weighted by molar-refractivity contribution is 6.35. The molecule has 138 valence electrons. The predicted molar refractivity (Wildman–Crippen MR) is 93.9 cm³/mol. The summed E-state index contributed by atoms with van der Waals surface area (Å²) in [5, 5.41) is 5.29. The van der Waals surface area contributed by atoms with Crippen LogP contribution in [0.3, 0.4) is 0 Å². The summed E-state index contributed by atoms with van der Waals surface area (Å²) in [6.45, 7) is 4.53. The SMILES string of the molecule is CC[C@H](C)NC(=O)NC(=O)COC(=O)[C@@H](C)Oc1ccc(Cl)cc1Cl. The van der Waals surface area contributed by atoms with Crippen molar-refractivity contribution in [2.24, 2.45) is 0 Å². The van der Waals surface area contributed by atoms with Crippen LogP contribution in [0.25, 0.3) is 0 Å². The Morgan fingerprint density at radius 2 is 1.88 bits per heavy atom. The van der Waals surface area contributed by atoms with Gasteiger partial charge < -0.3 is 14.8 Å². The van der Waals surface area contributed by atoms with Gasteiger partial charge in [-0.1, -0.05) is 30.1 Å². The van der Waals surface area contributed by atoms with Gasteiger partial charge in [0.05, 0.1) is 5.02 Å². The number of amides is 3. The number of rotatable bonds is 7. The number of imide groups is 1. The number of carbonyl (C=O) groups is 3. The number of hydrogen-bond donors (Lipinski definition) is 2. The van der Waals surface area contributed by atoms with Gasteiger partial charge in [0, 0.05) is 11.1 Å². The van der Waals surface area contributed by atoms with Crippen LogP contribution in [-0.2, 0) is 14.3 Å². The minimum atomic E-state index is -1.000. The fourth-order valence-corrected chi connectivity index (χ4v) is 2.04. The van der Waals surface area contributed by atoms with Gasteiger partial charge in [-0.15, -0.1) is 0 Å². The first-order chi connectivity index (χ1) is 11.7. The molecule has 0 spiro atoms. The Labute approximate surface area is 155 Å². The van der Waals surface area contributed by atoms with Crippen LogP contribution in [0.5, 0.6) is 5.75 Å². The van der Waals surface area contributed by atoms with E-state index in [1.54, 1.807) is 13.0 Å². The topological polar surface area (TPSA) is 93.7 Å². The second-order valence-corrected chi connectivity index (χ2v) is 6.12. The molecule has 0 aliphatic rings. The molecule has 0 aliphatic heterocycles. The van der Waals surface area contributed by atoms with Gasteiger partial charge in [-0.05, 0) is 38.5 Å². The third-order valence-corrected chi connectivity index (χ3v) is 3.65. The highest BCUT2D eigenvalue weighted by atomic mass is 35.5. The first-order valence-corrected chi connectivity index (χ1v) is 8.37. The molecule has 3 amide bonds. The van der Waals surface area contributed by atoms with Crippen molar-refractivity contribution in [2.75, 3.05) is 6.61 Å². The van der Waals surface area contributed by atoms with Crippen molar-refractivity contribution in [2.45, 2.75) is 39.3 Å². The summed E-state index contributed by atoms with van der Waals surface area (Å²) >= 11 is 11.7. The molecule has 0 fully saturated rings. The lowest BCUT2D eigenvalue weighted by Gasteiger charge is -2.15. The molecule has 9 heteroatoms. The van der Waals surface area contributed by atoms with Crippen molar-refractivity contribution in [1.82, 2.24) is 10.6 Å². The second-order valence-electron chi connectivity index (χ2n) is 5.27. The molecule has 0 unspecified atom stereocenters. The minimum absolute atomic E-state index is 0.0760. The molecule has 0 aromatic heterocycles. The molecule has 25 heavy (non-hydrogen) atoms. The third kappa shape index (κ3) is 7.62. The molecule has 0 aliphatic carbocycles. The molecule has 0 radical (unpaired) electrons. The number of carbonyl (C=O) groups excluding carboxylic acids is 3. The summed E-state index contributed by atoms with van der Waals surface area (Å²) in [7, 11) is 0. The predicted octanol–water partition coefficient (Wildman–Crippen LogP) is 2.93. The van der Waals surface area contributed by atoms with Gasteiger partial charge in [0.1, 0.15) is 5.75 Å². The fraction of sp³-hybridized carbons (Fsp3) is 0.438. The molecule has 1 rings (SSSR count). The largest absolute Gasteiger partial charge is 0.477 e. The van der Waals surface area contributed by atoms with E-state index in [-0.39, 0.29) is 16.8 Å². The molecule has 2 atom stereocenters. The van der Waals surface area contributed by atoms with Crippen LogP contribution in [0.15, 0.2) is 18.2 Å². The monoisotopic (exact) mass is 390 g/mol. The van der Waals surface area contributed by atoms with E-state index in [1.807, 2.05) is 6.92 Å². The average Bonchev–Trinajstić information content (AvgIpc) is 2.54. The number of ether oxygens (including phenoxy) is 2. The van der Waals surface area contributed by atoms with E-state index in [0.29, 0.717) is 5.02 Å². The van der Waals surface area contributed by atoms with E-state index in [9.17, 15) is 14.4 Å². The lowest BCUT2D eigenvalue weighted by Crippen LogP contribution is -2.45. The zero-order chi connectivity index (χ0) is 19.0. The fourth-order valence-electron chi connectivity index (χ4n) is 1.59. The molecule has 1 aromatic carbocycles. The van der Waals surface area contributed by atoms with Crippen LogP contribution >= 0.6 is 23.2 Å². The van der Waals surface area contributed by atoms with Crippen LogP contribution in [0, 0.1) is 0 Å². The molecule has 2 N–H and O–H groups in total. The number of esters is 1. The highest BCUT2D eigenvalue weighted by Crippen LogP contribution is 2.28. The van der Waals surface area contributed by atoms with Gasteiger partial charge in [-0.2, -0.15) is 0 Å².